The highest BCUT2D eigenvalue weighted by Crippen LogP contribution is 2.62. The van der Waals surface area contributed by atoms with Gasteiger partial charge in [-0.2, -0.15) is 0 Å². The lowest BCUT2D eigenvalue weighted by Gasteiger charge is -2.25. The van der Waals surface area contributed by atoms with Gasteiger partial charge >= 0.3 is 0 Å². The van der Waals surface area contributed by atoms with E-state index in [4.69, 9.17) is 20.9 Å². The van der Waals surface area contributed by atoms with Gasteiger partial charge in [0.2, 0.25) is 5.69 Å². The van der Waals surface area contributed by atoms with E-state index >= 15 is 0 Å². The molecule has 108 valence electrons. The number of rotatable bonds is 8. The third-order valence-electron chi connectivity index (χ3n) is 2.01. The van der Waals surface area contributed by atoms with E-state index in [2.05, 4.69) is 4.98 Å². The number of nitrogens with zero attached hydrogens (tertiary/aromatic N) is 1. The molecule has 0 saturated heterocycles. The van der Waals surface area contributed by atoms with Gasteiger partial charge in [0.05, 0.1) is 12.2 Å². The molecular weight excluding hydrogens is 297 g/mol. The van der Waals surface area contributed by atoms with Crippen molar-refractivity contribution in [2.75, 3.05) is 5.75 Å². The monoisotopic (exact) mass is 319 g/mol. The Labute approximate surface area is 125 Å². The predicted molar refractivity (Wildman–Crippen MR) is 87.1 cm³/mol. The minimum atomic E-state index is -2.25. The van der Waals surface area contributed by atoms with Crippen molar-refractivity contribution in [1.29, 1.82) is 0 Å². The Bertz CT molecular complexity index is 398. The van der Waals surface area contributed by atoms with Gasteiger partial charge in [-0.15, -0.1) is 0 Å². The van der Waals surface area contributed by atoms with Crippen molar-refractivity contribution < 1.29 is 9.05 Å². The molecule has 0 fully saturated rings. The maximum absolute atomic E-state index is 5.83. The van der Waals surface area contributed by atoms with E-state index < -0.39 is 5.69 Å². The number of aryl methyl sites for hydroxylation is 1. The predicted octanol–water partition coefficient (Wildman–Crippen LogP) is 4.43. The SMILES string of the molecule is CC(C)OP(=S)(OC(C)C)SCCc1ccccn1. The molecule has 0 atom stereocenters. The molecule has 1 aromatic rings. The van der Waals surface area contributed by atoms with E-state index in [9.17, 15) is 0 Å². The highest BCUT2D eigenvalue weighted by molar-refractivity contribution is 8.67. The van der Waals surface area contributed by atoms with E-state index in [0.717, 1.165) is 17.9 Å². The molecule has 1 heterocycles. The van der Waals surface area contributed by atoms with Gasteiger partial charge < -0.3 is 9.05 Å². The Kier molecular flexibility index (Phi) is 7.55. The Morgan fingerprint density at radius 1 is 1.21 bits per heavy atom. The minimum absolute atomic E-state index is 0.0898. The van der Waals surface area contributed by atoms with Crippen LogP contribution >= 0.6 is 17.1 Å². The van der Waals surface area contributed by atoms with E-state index in [0.29, 0.717) is 0 Å². The molecular formula is C13H22NO2PS2. The second kappa shape index (κ2) is 8.38. The van der Waals surface area contributed by atoms with Gasteiger partial charge in [-0.3, -0.25) is 4.98 Å². The van der Waals surface area contributed by atoms with Crippen LogP contribution in [0.3, 0.4) is 0 Å². The fourth-order valence-electron chi connectivity index (χ4n) is 1.41. The van der Waals surface area contributed by atoms with Crippen LogP contribution < -0.4 is 0 Å². The smallest absolute Gasteiger partial charge is 0.247 e. The molecule has 0 saturated carbocycles. The third-order valence-corrected chi connectivity index (χ3v) is 7.55. The molecule has 0 aliphatic heterocycles. The summed E-state index contributed by atoms with van der Waals surface area (Å²) in [5, 5.41) is 0. The lowest BCUT2D eigenvalue weighted by molar-refractivity contribution is 0.186. The van der Waals surface area contributed by atoms with Crippen LogP contribution in [0.5, 0.6) is 0 Å². The first kappa shape index (κ1) is 17.1. The quantitative estimate of drug-likeness (QED) is 0.662. The Morgan fingerprint density at radius 2 is 1.84 bits per heavy atom. The molecule has 0 aliphatic rings. The molecule has 0 bridgehead atoms. The van der Waals surface area contributed by atoms with Crippen LogP contribution in [0.2, 0.25) is 0 Å². The second-order valence-corrected chi connectivity index (χ2v) is 11.0. The van der Waals surface area contributed by atoms with Crippen molar-refractivity contribution >= 4 is 28.9 Å². The summed E-state index contributed by atoms with van der Waals surface area (Å²) in [7, 11) is 0. The topological polar surface area (TPSA) is 31.4 Å². The normalized spacial score (nSPS) is 12.3. The van der Waals surface area contributed by atoms with Gasteiger partial charge in [-0.05, 0) is 58.1 Å². The van der Waals surface area contributed by atoms with Crippen molar-refractivity contribution in [2.45, 2.75) is 46.3 Å². The lowest BCUT2D eigenvalue weighted by atomic mass is 10.3. The number of hydrogen-bond acceptors (Lipinski definition) is 5. The van der Waals surface area contributed by atoms with Gasteiger partial charge in [0.1, 0.15) is 0 Å². The molecule has 0 spiro atoms. The molecule has 1 rings (SSSR count). The summed E-state index contributed by atoms with van der Waals surface area (Å²) in [6.45, 7) is 7.96. The Morgan fingerprint density at radius 3 is 2.32 bits per heavy atom. The van der Waals surface area contributed by atoms with E-state index in [1.807, 2.05) is 52.1 Å². The van der Waals surface area contributed by atoms with E-state index in [-0.39, 0.29) is 12.2 Å². The van der Waals surface area contributed by atoms with Crippen molar-refractivity contribution in [3.05, 3.63) is 30.1 Å². The summed E-state index contributed by atoms with van der Waals surface area (Å²) < 4.78 is 11.7. The summed E-state index contributed by atoms with van der Waals surface area (Å²) >= 11 is 7.20. The van der Waals surface area contributed by atoms with E-state index in [1.165, 1.54) is 0 Å². The molecule has 1 aromatic heterocycles. The van der Waals surface area contributed by atoms with Crippen LogP contribution in [-0.2, 0) is 27.3 Å². The zero-order valence-electron chi connectivity index (χ0n) is 11.9. The molecule has 3 nitrogen and oxygen atoms in total. The first-order valence-electron chi connectivity index (χ1n) is 6.42. The largest absolute Gasteiger partial charge is 0.319 e. The van der Waals surface area contributed by atoms with Crippen LogP contribution in [-0.4, -0.2) is 22.9 Å². The molecule has 0 unspecified atom stereocenters. The Balaban J connectivity index is 2.51. The summed E-state index contributed by atoms with van der Waals surface area (Å²) in [5.41, 5.74) is -1.17. The van der Waals surface area contributed by atoms with Crippen LogP contribution in [0.25, 0.3) is 0 Å². The molecule has 19 heavy (non-hydrogen) atoms. The maximum atomic E-state index is 5.83. The molecule has 0 aliphatic carbocycles. The highest BCUT2D eigenvalue weighted by Gasteiger charge is 2.23. The van der Waals surface area contributed by atoms with Crippen molar-refractivity contribution in [2.24, 2.45) is 0 Å². The van der Waals surface area contributed by atoms with Gasteiger partial charge in [-0.1, -0.05) is 17.4 Å². The third kappa shape index (κ3) is 7.42. The van der Waals surface area contributed by atoms with Crippen molar-refractivity contribution in [3.63, 3.8) is 0 Å². The Hall–Kier alpha value is 0.0700. The molecule has 0 aromatic carbocycles. The van der Waals surface area contributed by atoms with Gasteiger partial charge in [0.25, 0.3) is 0 Å². The van der Waals surface area contributed by atoms with Gasteiger partial charge in [-0.25, -0.2) is 0 Å². The van der Waals surface area contributed by atoms with Crippen molar-refractivity contribution in [1.82, 2.24) is 4.98 Å². The summed E-state index contributed by atoms with van der Waals surface area (Å²) in [6.07, 6.45) is 2.87. The maximum Gasteiger partial charge on any atom is 0.247 e. The lowest BCUT2D eigenvalue weighted by Crippen LogP contribution is -2.06. The van der Waals surface area contributed by atoms with Crippen LogP contribution in [0, 0.1) is 0 Å². The first-order chi connectivity index (χ1) is 8.91. The zero-order valence-corrected chi connectivity index (χ0v) is 14.4. The average Bonchev–Trinajstić information content (AvgIpc) is 2.27. The summed E-state index contributed by atoms with van der Waals surface area (Å²) in [4.78, 5) is 4.30. The number of aromatic nitrogens is 1. The summed E-state index contributed by atoms with van der Waals surface area (Å²) in [5.74, 6) is 0.869. The van der Waals surface area contributed by atoms with Crippen LogP contribution in [0.4, 0.5) is 0 Å². The number of pyridine rings is 1. The van der Waals surface area contributed by atoms with Crippen LogP contribution in [0.1, 0.15) is 33.4 Å². The zero-order chi connectivity index (χ0) is 14.3. The average molecular weight is 319 g/mol. The molecule has 0 amide bonds. The fraction of sp³-hybridized carbons (Fsp3) is 0.615. The molecule has 6 heteroatoms. The first-order valence-corrected chi connectivity index (χ1v) is 10.7. The standard InChI is InChI=1S/C13H22NO2PS2/c1-11(2)15-17(18,16-12(3)4)19-10-8-13-7-5-6-9-14-13/h5-7,9,11-12H,8,10H2,1-4H3. The van der Waals surface area contributed by atoms with Gasteiger partial charge in [0, 0.05) is 17.6 Å². The molecule has 0 N–H and O–H groups in total. The van der Waals surface area contributed by atoms with Crippen LogP contribution in [0.15, 0.2) is 24.4 Å². The van der Waals surface area contributed by atoms with Gasteiger partial charge in [0.15, 0.2) is 0 Å². The number of hydrogen-bond donors (Lipinski definition) is 0. The fourth-order valence-corrected chi connectivity index (χ4v) is 7.18. The highest BCUT2D eigenvalue weighted by atomic mass is 32.9. The second-order valence-electron chi connectivity index (χ2n) is 4.66. The van der Waals surface area contributed by atoms with E-state index in [1.54, 1.807) is 11.4 Å². The minimum Gasteiger partial charge on any atom is -0.319 e. The summed E-state index contributed by atoms with van der Waals surface area (Å²) in [6, 6.07) is 5.94. The molecule has 0 radical (unpaired) electrons. The van der Waals surface area contributed by atoms with Crippen molar-refractivity contribution in [3.8, 4) is 0 Å².